The summed E-state index contributed by atoms with van der Waals surface area (Å²) in [5.41, 5.74) is -1.50. The minimum absolute atomic E-state index is 0.150. The highest BCUT2D eigenvalue weighted by Crippen LogP contribution is 2.38. The number of rotatable bonds is 2. The third kappa shape index (κ3) is 2.28. The van der Waals surface area contributed by atoms with Crippen molar-refractivity contribution in [3.8, 4) is 0 Å². The quantitative estimate of drug-likeness (QED) is 0.890. The summed E-state index contributed by atoms with van der Waals surface area (Å²) >= 11 is 0. The average molecular weight is 267 g/mol. The molecule has 2 fully saturated rings. The third-order valence-corrected chi connectivity index (χ3v) is 4.64. The first-order chi connectivity index (χ1) is 9.10. The fourth-order valence-corrected chi connectivity index (χ4v) is 3.20. The fourth-order valence-electron chi connectivity index (χ4n) is 3.20. The van der Waals surface area contributed by atoms with Crippen molar-refractivity contribution in [2.75, 3.05) is 13.1 Å². The van der Waals surface area contributed by atoms with E-state index in [0.29, 0.717) is 18.9 Å². The molecule has 104 valence electrons. The Kier molecular flexibility index (Phi) is 3.31. The van der Waals surface area contributed by atoms with E-state index in [4.69, 9.17) is 0 Å². The van der Waals surface area contributed by atoms with Crippen LogP contribution in [0, 0.1) is 11.6 Å². The Labute approximate surface area is 112 Å². The fraction of sp³-hybridized carbons (Fsp3) is 0.600. The van der Waals surface area contributed by atoms with E-state index in [1.807, 2.05) is 0 Å². The van der Waals surface area contributed by atoms with Crippen molar-refractivity contribution >= 4 is 0 Å². The molecule has 0 aromatic heterocycles. The van der Waals surface area contributed by atoms with Gasteiger partial charge in [0.05, 0.1) is 11.2 Å². The molecule has 1 aliphatic heterocycles. The molecule has 2 aliphatic rings. The van der Waals surface area contributed by atoms with Crippen molar-refractivity contribution in [3.63, 3.8) is 0 Å². The summed E-state index contributed by atoms with van der Waals surface area (Å²) in [6, 6.07) is 4.39. The summed E-state index contributed by atoms with van der Waals surface area (Å²) < 4.78 is 27.6. The van der Waals surface area contributed by atoms with Crippen molar-refractivity contribution in [2.24, 2.45) is 0 Å². The predicted octanol–water partition coefficient (Wildman–Crippen LogP) is 2.80. The Morgan fingerprint density at radius 1 is 1.11 bits per heavy atom. The zero-order chi connectivity index (χ0) is 13.5. The Hall–Kier alpha value is -1.00. The van der Waals surface area contributed by atoms with E-state index in [2.05, 4.69) is 4.90 Å². The average Bonchev–Trinajstić information content (AvgIpc) is 2.30. The Morgan fingerprint density at radius 2 is 1.68 bits per heavy atom. The summed E-state index contributed by atoms with van der Waals surface area (Å²) in [5, 5.41) is 10.6. The molecule has 1 aromatic carbocycles. The second-order valence-corrected chi connectivity index (χ2v) is 5.75. The van der Waals surface area contributed by atoms with Gasteiger partial charge in [0.25, 0.3) is 0 Å². The summed E-state index contributed by atoms with van der Waals surface area (Å²) in [6.45, 7) is 1.43. The lowest BCUT2D eigenvalue weighted by Crippen LogP contribution is -2.49. The standard InChI is InChI=1S/C15H19F2NO/c16-12-5-2-6-13(17)14(12)15(19)7-9-18(10-8-15)11-3-1-4-11/h2,5-6,11,19H,1,3-4,7-10H2. The lowest BCUT2D eigenvalue weighted by atomic mass is 9.81. The Morgan fingerprint density at radius 3 is 2.16 bits per heavy atom. The molecule has 0 amide bonds. The van der Waals surface area contributed by atoms with E-state index in [-0.39, 0.29) is 5.56 Å². The maximum Gasteiger partial charge on any atom is 0.132 e. The number of benzene rings is 1. The van der Waals surface area contributed by atoms with Gasteiger partial charge in [0.1, 0.15) is 11.6 Å². The maximum atomic E-state index is 13.8. The van der Waals surface area contributed by atoms with Gasteiger partial charge in [-0.15, -0.1) is 0 Å². The van der Waals surface area contributed by atoms with Gasteiger partial charge in [0.2, 0.25) is 0 Å². The van der Waals surface area contributed by atoms with Crippen molar-refractivity contribution in [1.82, 2.24) is 4.90 Å². The van der Waals surface area contributed by atoms with Crippen LogP contribution < -0.4 is 0 Å². The normalized spacial score (nSPS) is 24.2. The van der Waals surface area contributed by atoms with Crippen LogP contribution in [0.4, 0.5) is 8.78 Å². The van der Waals surface area contributed by atoms with Crippen molar-refractivity contribution in [1.29, 1.82) is 0 Å². The van der Waals surface area contributed by atoms with Gasteiger partial charge >= 0.3 is 0 Å². The summed E-state index contributed by atoms with van der Waals surface area (Å²) in [7, 11) is 0. The lowest BCUT2D eigenvalue weighted by Gasteiger charge is -2.45. The number of aliphatic hydroxyl groups is 1. The Balaban J connectivity index is 1.77. The van der Waals surface area contributed by atoms with Crippen LogP contribution in [-0.4, -0.2) is 29.1 Å². The molecule has 0 atom stereocenters. The maximum absolute atomic E-state index is 13.8. The van der Waals surface area contributed by atoms with Gasteiger partial charge in [0.15, 0.2) is 0 Å². The minimum atomic E-state index is -1.35. The van der Waals surface area contributed by atoms with Crippen LogP contribution in [0.15, 0.2) is 18.2 Å². The van der Waals surface area contributed by atoms with Crippen molar-refractivity contribution in [3.05, 3.63) is 35.4 Å². The molecule has 0 unspecified atom stereocenters. The number of nitrogens with zero attached hydrogens (tertiary/aromatic N) is 1. The van der Waals surface area contributed by atoms with Crippen LogP contribution in [0.2, 0.25) is 0 Å². The van der Waals surface area contributed by atoms with E-state index in [1.165, 1.54) is 37.5 Å². The van der Waals surface area contributed by atoms with Gasteiger partial charge < -0.3 is 10.0 Å². The monoisotopic (exact) mass is 267 g/mol. The first kappa shape index (κ1) is 13.0. The number of hydrogen-bond acceptors (Lipinski definition) is 2. The molecule has 1 aromatic rings. The molecule has 0 radical (unpaired) electrons. The van der Waals surface area contributed by atoms with Crippen LogP contribution >= 0.6 is 0 Å². The molecule has 4 heteroatoms. The zero-order valence-corrected chi connectivity index (χ0v) is 10.9. The molecular formula is C15H19F2NO. The first-order valence-electron chi connectivity index (χ1n) is 7.01. The second kappa shape index (κ2) is 4.84. The SMILES string of the molecule is OC1(c2c(F)cccc2F)CCN(C2CCC2)CC1. The van der Waals surface area contributed by atoms with Gasteiger partial charge in [-0.05, 0) is 37.8 Å². The highest BCUT2D eigenvalue weighted by atomic mass is 19.1. The van der Waals surface area contributed by atoms with Gasteiger partial charge in [-0.2, -0.15) is 0 Å². The summed E-state index contributed by atoms with van der Waals surface area (Å²) in [6.07, 6.45) is 4.51. The van der Waals surface area contributed by atoms with E-state index in [1.54, 1.807) is 0 Å². The van der Waals surface area contributed by atoms with Crippen LogP contribution in [0.3, 0.4) is 0 Å². The van der Waals surface area contributed by atoms with Crippen molar-refractivity contribution < 1.29 is 13.9 Å². The molecule has 0 bridgehead atoms. The largest absolute Gasteiger partial charge is 0.385 e. The highest BCUT2D eigenvalue weighted by Gasteiger charge is 2.40. The van der Waals surface area contributed by atoms with E-state index in [0.717, 1.165) is 13.1 Å². The number of hydrogen-bond donors (Lipinski definition) is 1. The molecule has 1 saturated heterocycles. The molecule has 1 heterocycles. The van der Waals surface area contributed by atoms with Gasteiger partial charge in [-0.1, -0.05) is 12.5 Å². The smallest absolute Gasteiger partial charge is 0.132 e. The molecule has 19 heavy (non-hydrogen) atoms. The number of halogens is 2. The van der Waals surface area contributed by atoms with E-state index >= 15 is 0 Å². The van der Waals surface area contributed by atoms with Crippen LogP contribution in [0.1, 0.15) is 37.7 Å². The molecule has 2 nitrogen and oxygen atoms in total. The van der Waals surface area contributed by atoms with Gasteiger partial charge in [-0.25, -0.2) is 8.78 Å². The molecule has 0 spiro atoms. The van der Waals surface area contributed by atoms with E-state index < -0.39 is 17.2 Å². The van der Waals surface area contributed by atoms with Crippen molar-refractivity contribution in [2.45, 2.75) is 43.7 Å². The second-order valence-electron chi connectivity index (χ2n) is 5.75. The van der Waals surface area contributed by atoms with Crippen LogP contribution in [0.5, 0.6) is 0 Å². The predicted molar refractivity (Wildman–Crippen MR) is 68.7 cm³/mol. The first-order valence-corrected chi connectivity index (χ1v) is 7.01. The zero-order valence-electron chi connectivity index (χ0n) is 10.9. The topological polar surface area (TPSA) is 23.5 Å². The van der Waals surface area contributed by atoms with Gasteiger partial charge in [0, 0.05) is 19.1 Å². The summed E-state index contributed by atoms with van der Waals surface area (Å²) in [5.74, 6) is -1.28. The highest BCUT2D eigenvalue weighted by molar-refractivity contribution is 5.27. The van der Waals surface area contributed by atoms with Gasteiger partial charge in [-0.3, -0.25) is 0 Å². The van der Waals surface area contributed by atoms with Crippen LogP contribution in [-0.2, 0) is 5.60 Å². The minimum Gasteiger partial charge on any atom is -0.385 e. The van der Waals surface area contributed by atoms with E-state index in [9.17, 15) is 13.9 Å². The molecule has 3 rings (SSSR count). The van der Waals surface area contributed by atoms with Crippen LogP contribution in [0.25, 0.3) is 0 Å². The summed E-state index contributed by atoms with van der Waals surface area (Å²) in [4.78, 5) is 2.34. The molecular weight excluding hydrogens is 248 g/mol. The molecule has 1 saturated carbocycles. The molecule has 1 aliphatic carbocycles. The number of piperidine rings is 1. The lowest BCUT2D eigenvalue weighted by molar-refractivity contribution is -0.0485. The Bertz CT molecular complexity index is 445. The molecule has 1 N–H and O–H groups in total. The third-order valence-electron chi connectivity index (χ3n) is 4.64. The number of likely N-dealkylation sites (tertiary alicyclic amines) is 1.